The van der Waals surface area contributed by atoms with Crippen molar-refractivity contribution < 1.29 is 13.2 Å². The molecule has 3 aliphatic carbocycles. The zero-order valence-electron chi connectivity index (χ0n) is 15.6. The number of nitrogens with zero attached hydrogens (tertiary/aromatic N) is 1. The molecule has 2 heterocycles. The predicted molar refractivity (Wildman–Crippen MR) is 97.1 cm³/mol. The molecule has 2 bridgehead atoms. The van der Waals surface area contributed by atoms with Crippen LogP contribution in [0, 0.1) is 16.7 Å². The molecule has 3 nitrogen and oxygen atoms in total. The third-order valence-corrected chi connectivity index (χ3v) is 7.74. The average Bonchev–Trinajstić information content (AvgIpc) is 2.83. The molecule has 4 aliphatic rings. The van der Waals surface area contributed by atoms with E-state index in [1.807, 2.05) is 12.2 Å². The molecule has 5 heteroatoms. The van der Waals surface area contributed by atoms with Gasteiger partial charge in [-0.2, -0.15) is 0 Å². The van der Waals surface area contributed by atoms with Crippen LogP contribution in [0.3, 0.4) is 0 Å². The first-order valence-corrected chi connectivity index (χ1v) is 9.69. The Morgan fingerprint density at radius 2 is 1.92 bits per heavy atom. The van der Waals surface area contributed by atoms with Gasteiger partial charge in [0.25, 0.3) is 0 Å². The summed E-state index contributed by atoms with van der Waals surface area (Å²) in [6.45, 7) is 7.75. The van der Waals surface area contributed by atoms with E-state index < -0.39 is 22.7 Å². The summed E-state index contributed by atoms with van der Waals surface area (Å²) in [5.74, 6) is 0.396. The second kappa shape index (κ2) is 4.86. The average molecular weight is 360 g/mol. The summed E-state index contributed by atoms with van der Waals surface area (Å²) in [6, 6.07) is 0. The van der Waals surface area contributed by atoms with Crippen molar-refractivity contribution in [3.05, 3.63) is 29.5 Å². The first-order chi connectivity index (χ1) is 12.2. The third kappa shape index (κ3) is 1.88. The zero-order valence-corrected chi connectivity index (χ0v) is 15.6. The van der Waals surface area contributed by atoms with Gasteiger partial charge in [-0.05, 0) is 30.9 Å². The molecule has 26 heavy (non-hydrogen) atoms. The molecule has 2 saturated carbocycles. The highest BCUT2D eigenvalue weighted by Gasteiger charge is 2.79. The third-order valence-electron chi connectivity index (χ3n) is 7.74. The first kappa shape index (κ1) is 16.7. The van der Waals surface area contributed by atoms with Crippen LogP contribution < -0.4 is 5.32 Å². The van der Waals surface area contributed by atoms with Crippen LogP contribution in [-0.4, -0.2) is 29.4 Å². The molecule has 1 aliphatic heterocycles. The summed E-state index contributed by atoms with van der Waals surface area (Å²) >= 11 is 0. The lowest BCUT2D eigenvalue weighted by molar-refractivity contribution is -0.249. The minimum Gasteiger partial charge on any atom is -0.440 e. The normalized spacial score (nSPS) is 42.3. The molecule has 1 aromatic rings. The van der Waals surface area contributed by atoms with E-state index in [-0.39, 0.29) is 17.7 Å². The van der Waals surface area contributed by atoms with E-state index >= 15 is 8.78 Å². The van der Waals surface area contributed by atoms with Crippen LogP contribution in [0.5, 0.6) is 0 Å². The SMILES string of the molecule is CC(C)C1(C)C=Cc2nc(C3C4(F)CCC5(CNC5)C3(F)C4)oc2C=C1. The molecular weight excluding hydrogens is 334 g/mol. The molecule has 1 saturated heterocycles. The van der Waals surface area contributed by atoms with Gasteiger partial charge in [0.15, 0.2) is 5.76 Å². The number of hydrogen-bond donors (Lipinski definition) is 1. The molecular formula is C21H26F2N2O. The maximum absolute atomic E-state index is 15.9. The van der Waals surface area contributed by atoms with Crippen molar-refractivity contribution in [2.24, 2.45) is 16.7 Å². The second-order valence-electron chi connectivity index (χ2n) is 9.38. The largest absolute Gasteiger partial charge is 0.440 e. The lowest BCUT2D eigenvalue weighted by Gasteiger charge is -2.68. The fraction of sp³-hybridized carbons (Fsp3) is 0.667. The van der Waals surface area contributed by atoms with Crippen LogP contribution in [0.15, 0.2) is 16.6 Å². The summed E-state index contributed by atoms with van der Waals surface area (Å²) in [4.78, 5) is 4.55. The van der Waals surface area contributed by atoms with E-state index in [9.17, 15) is 0 Å². The fourth-order valence-corrected chi connectivity index (χ4v) is 5.28. The van der Waals surface area contributed by atoms with Gasteiger partial charge in [0.2, 0.25) is 5.89 Å². The van der Waals surface area contributed by atoms with Gasteiger partial charge in [-0.3, -0.25) is 0 Å². The maximum atomic E-state index is 15.9. The highest BCUT2D eigenvalue weighted by atomic mass is 19.2. The number of oxazole rings is 1. The molecule has 140 valence electrons. The maximum Gasteiger partial charge on any atom is 0.205 e. The molecule has 5 rings (SSSR count). The van der Waals surface area contributed by atoms with Gasteiger partial charge in [0, 0.05) is 30.3 Å². The Labute approximate surface area is 152 Å². The first-order valence-electron chi connectivity index (χ1n) is 9.69. The van der Waals surface area contributed by atoms with Gasteiger partial charge in [-0.15, -0.1) is 0 Å². The summed E-state index contributed by atoms with van der Waals surface area (Å²) in [6.07, 6.45) is 9.05. The van der Waals surface area contributed by atoms with Crippen LogP contribution in [0.1, 0.15) is 63.3 Å². The van der Waals surface area contributed by atoms with Crippen molar-refractivity contribution >= 4 is 12.2 Å². The lowest BCUT2D eigenvalue weighted by atomic mass is 9.41. The lowest BCUT2D eigenvalue weighted by Crippen LogP contribution is -2.78. The molecule has 4 atom stereocenters. The number of alkyl halides is 2. The minimum absolute atomic E-state index is 0.0174. The van der Waals surface area contributed by atoms with Crippen molar-refractivity contribution in [3.8, 4) is 0 Å². The van der Waals surface area contributed by atoms with Gasteiger partial charge in [-0.1, -0.05) is 32.9 Å². The van der Waals surface area contributed by atoms with Crippen LogP contribution in [-0.2, 0) is 0 Å². The van der Waals surface area contributed by atoms with Crippen LogP contribution in [0.25, 0.3) is 12.2 Å². The van der Waals surface area contributed by atoms with Crippen molar-refractivity contribution in [1.82, 2.24) is 10.3 Å². The topological polar surface area (TPSA) is 38.1 Å². The Kier molecular flexibility index (Phi) is 3.12. The Bertz CT molecular complexity index is 790. The number of aromatic nitrogens is 1. The Hall–Kier alpha value is -1.49. The van der Waals surface area contributed by atoms with Gasteiger partial charge in [0.1, 0.15) is 22.9 Å². The van der Waals surface area contributed by atoms with Crippen molar-refractivity contribution in [3.63, 3.8) is 0 Å². The molecule has 1 spiro atoms. The number of fused-ring (bicyclic) bond motifs is 4. The Balaban J connectivity index is 1.52. The molecule has 1 aromatic heterocycles. The number of nitrogens with one attached hydrogen (secondary N) is 1. The molecule has 1 N–H and O–H groups in total. The predicted octanol–water partition coefficient (Wildman–Crippen LogP) is 4.66. The monoisotopic (exact) mass is 360 g/mol. The highest BCUT2D eigenvalue weighted by molar-refractivity contribution is 5.63. The fourth-order valence-electron chi connectivity index (χ4n) is 5.28. The summed E-state index contributed by atoms with van der Waals surface area (Å²) in [7, 11) is 0. The second-order valence-corrected chi connectivity index (χ2v) is 9.38. The number of allylic oxidation sites excluding steroid dienone is 2. The summed E-state index contributed by atoms with van der Waals surface area (Å²) in [5.41, 5.74) is -2.91. The number of hydrogen-bond acceptors (Lipinski definition) is 3. The molecule has 0 radical (unpaired) electrons. The standard InChI is InChI=1S/C21H26F2N2O/c1-13(2)18(3)6-4-14-15(5-7-18)26-17(25-14)16-20(22)9-8-19(11-24-12-19)21(16,23)10-20/h4-7,13,16,24H,8-12H2,1-3H3. The zero-order chi connectivity index (χ0) is 18.4. The van der Waals surface area contributed by atoms with Crippen molar-refractivity contribution in [2.45, 2.75) is 57.3 Å². The van der Waals surface area contributed by atoms with Gasteiger partial charge >= 0.3 is 0 Å². The quantitative estimate of drug-likeness (QED) is 0.833. The van der Waals surface area contributed by atoms with Crippen LogP contribution in [0.4, 0.5) is 8.78 Å². The number of rotatable bonds is 2. The smallest absolute Gasteiger partial charge is 0.205 e. The minimum atomic E-state index is -1.55. The Morgan fingerprint density at radius 1 is 1.19 bits per heavy atom. The van der Waals surface area contributed by atoms with E-state index in [2.05, 4.69) is 43.2 Å². The van der Waals surface area contributed by atoms with E-state index in [0.717, 1.165) is 0 Å². The van der Waals surface area contributed by atoms with Gasteiger partial charge in [0.05, 0.1) is 0 Å². The van der Waals surface area contributed by atoms with Gasteiger partial charge in [-0.25, -0.2) is 13.8 Å². The van der Waals surface area contributed by atoms with Crippen molar-refractivity contribution in [2.75, 3.05) is 13.1 Å². The van der Waals surface area contributed by atoms with E-state index in [1.54, 1.807) is 0 Å². The summed E-state index contributed by atoms with van der Waals surface area (Å²) < 4.78 is 37.1. The number of halogens is 2. The van der Waals surface area contributed by atoms with Crippen molar-refractivity contribution in [1.29, 1.82) is 0 Å². The highest BCUT2D eigenvalue weighted by Crippen LogP contribution is 2.72. The Morgan fingerprint density at radius 3 is 2.58 bits per heavy atom. The van der Waals surface area contributed by atoms with E-state index in [0.29, 0.717) is 43.3 Å². The molecule has 0 amide bonds. The molecule has 0 aromatic carbocycles. The molecule has 3 fully saturated rings. The summed E-state index contributed by atoms with van der Waals surface area (Å²) in [5, 5.41) is 3.18. The van der Waals surface area contributed by atoms with Gasteiger partial charge < -0.3 is 9.73 Å². The van der Waals surface area contributed by atoms with E-state index in [1.165, 1.54) is 0 Å². The van der Waals surface area contributed by atoms with Crippen LogP contribution in [0.2, 0.25) is 0 Å². The van der Waals surface area contributed by atoms with Crippen LogP contribution >= 0.6 is 0 Å². The van der Waals surface area contributed by atoms with E-state index in [4.69, 9.17) is 4.42 Å². The molecule has 4 unspecified atom stereocenters.